The predicted octanol–water partition coefficient (Wildman–Crippen LogP) is 3.45. The summed E-state index contributed by atoms with van der Waals surface area (Å²) in [4.78, 5) is 27.7. The largest absolute Gasteiger partial charge is 0.332 e. The van der Waals surface area contributed by atoms with Gasteiger partial charge in [0.05, 0.1) is 16.9 Å². The van der Waals surface area contributed by atoms with Crippen LogP contribution < -0.4 is 15.1 Å². The number of amides is 2. The summed E-state index contributed by atoms with van der Waals surface area (Å²) < 4.78 is 0. The predicted molar refractivity (Wildman–Crippen MR) is 103 cm³/mol. The highest BCUT2D eigenvalue weighted by Crippen LogP contribution is 2.40. The number of amidine groups is 1. The number of hydrogen-bond donors (Lipinski definition) is 2. The number of nitrogens with zero attached hydrogens (tertiary/aromatic N) is 2. The van der Waals surface area contributed by atoms with Crippen LogP contribution in [0, 0.1) is 5.41 Å². The molecule has 0 spiro atoms. The van der Waals surface area contributed by atoms with Crippen molar-refractivity contribution in [1.29, 1.82) is 5.41 Å². The summed E-state index contributed by atoms with van der Waals surface area (Å²) in [5.74, 6) is -0.773. The fraction of sp³-hybridized carbons (Fsp3) is 0.105. The molecule has 0 aromatic heterocycles. The molecule has 6 nitrogen and oxygen atoms in total. The van der Waals surface area contributed by atoms with E-state index >= 15 is 0 Å². The van der Waals surface area contributed by atoms with E-state index in [1.807, 2.05) is 18.2 Å². The second-order valence-electron chi connectivity index (χ2n) is 5.78. The van der Waals surface area contributed by atoms with Gasteiger partial charge >= 0.3 is 0 Å². The Morgan fingerprint density at radius 1 is 1.15 bits per heavy atom. The van der Waals surface area contributed by atoms with Crippen LogP contribution in [-0.4, -0.2) is 24.7 Å². The average molecular weight is 369 g/mol. The Hall–Kier alpha value is -3.12. The number of anilines is 3. The van der Waals surface area contributed by atoms with Gasteiger partial charge in [-0.15, -0.1) is 0 Å². The Morgan fingerprint density at radius 2 is 1.85 bits per heavy atom. The minimum absolute atomic E-state index is 0.0225. The molecule has 2 amide bonds. The Balaban J connectivity index is 2.25. The van der Waals surface area contributed by atoms with E-state index in [1.165, 1.54) is 18.0 Å². The molecule has 0 unspecified atom stereocenters. The average Bonchev–Trinajstić information content (AvgIpc) is 2.68. The SMILES string of the molecule is CC(=O)NC=C1C(=N)N(C)c2ccc(Cl)cc2N(c2ccccc2)C1=O. The molecular formula is C19H17ClN4O2. The Bertz CT molecular complexity index is 924. The lowest BCUT2D eigenvalue weighted by Crippen LogP contribution is -2.33. The summed E-state index contributed by atoms with van der Waals surface area (Å²) in [7, 11) is 1.69. The van der Waals surface area contributed by atoms with Gasteiger partial charge in [-0.1, -0.05) is 29.8 Å². The Morgan fingerprint density at radius 3 is 2.50 bits per heavy atom. The van der Waals surface area contributed by atoms with E-state index in [4.69, 9.17) is 17.0 Å². The molecule has 26 heavy (non-hydrogen) atoms. The number of carbonyl (C=O) groups is 2. The van der Waals surface area contributed by atoms with Crippen molar-refractivity contribution in [3.05, 3.63) is 65.3 Å². The number of nitrogens with one attached hydrogen (secondary N) is 2. The fourth-order valence-electron chi connectivity index (χ4n) is 2.73. The molecule has 132 valence electrons. The van der Waals surface area contributed by atoms with Crippen LogP contribution in [0.15, 0.2) is 60.3 Å². The van der Waals surface area contributed by atoms with Crippen LogP contribution in [0.2, 0.25) is 5.02 Å². The van der Waals surface area contributed by atoms with Crippen LogP contribution in [0.3, 0.4) is 0 Å². The Kier molecular flexibility index (Phi) is 4.77. The van der Waals surface area contributed by atoms with Crippen LogP contribution in [0.5, 0.6) is 0 Å². The molecule has 0 atom stereocenters. The van der Waals surface area contributed by atoms with Gasteiger partial charge in [-0.2, -0.15) is 0 Å². The topological polar surface area (TPSA) is 76.5 Å². The van der Waals surface area contributed by atoms with Crippen LogP contribution in [0.1, 0.15) is 6.92 Å². The first kappa shape index (κ1) is 17.7. The van der Waals surface area contributed by atoms with E-state index in [1.54, 1.807) is 42.3 Å². The lowest BCUT2D eigenvalue weighted by atomic mass is 10.2. The molecule has 0 fully saturated rings. The van der Waals surface area contributed by atoms with Crippen molar-refractivity contribution in [3.8, 4) is 0 Å². The molecule has 0 saturated heterocycles. The van der Waals surface area contributed by atoms with Gasteiger partial charge < -0.3 is 10.2 Å². The molecule has 1 aliphatic heterocycles. The molecule has 0 saturated carbocycles. The monoisotopic (exact) mass is 368 g/mol. The summed E-state index contributed by atoms with van der Waals surface area (Å²) in [6.45, 7) is 1.34. The highest BCUT2D eigenvalue weighted by Gasteiger charge is 2.33. The third-order valence-corrected chi connectivity index (χ3v) is 4.23. The Labute approximate surface area is 156 Å². The van der Waals surface area contributed by atoms with Crippen molar-refractivity contribution in [1.82, 2.24) is 5.32 Å². The summed E-state index contributed by atoms with van der Waals surface area (Å²) in [5, 5.41) is 11.4. The number of halogens is 1. The first-order valence-electron chi connectivity index (χ1n) is 7.89. The van der Waals surface area contributed by atoms with Crippen molar-refractivity contribution >= 4 is 46.3 Å². The van der Waals surface area contributed by atoms with Gasteiger partial charge in [-0.25, -0.2) is 0 Å². The highest BCUT2D eigenvalue weighted by molar-refractivity contribution is 6.35. The van der Waals surface area contributed by atoms with E-state index in [0.717, 1.165) is 0 Å². The molecule has 3 rings (SSSR count). The van der Waals surface area contributed by atoms with E-state index in [0.29, 0.717) is 22.1 Å². The van der Waals surface area contributed by atoms with Crippen molar-refractivity contribution < 1.29 is 9.59 Å². The van der Waals surface area contributed by atoms with Gasteiger partial charge in [0, 0.05) is 30.9 Å². The zero-order valence-electron chi connectivity index (χ0n) is 14.3. The van der Waals surface area contributed by atoms with E-state index < -0.39 is 5.91 Å². The van der Waals surface area contributed by atoms with E-state index in [9.17, 15) is 9.59 Å². The molecule has 2 aromatic rings. The smallest absolute Gasteiger partial charge is 0.268 e. The molecule has 2 aromatic carbocycles. The van der Waals surface area contributed by atoms with Crippen molar-refractivity contribution in [2.75, 3.05) is 16.8 Å². The highest BCUT2D eigenvalue weighted by atomic mass is 35.5. The molecule has 0 bridgehead atoms. The maximum Gasteiger partial charge on any atom is 0.268 e. The van der Waals surface area contributed by atoms with Crippen molar-refractivity contribution in [2.45, 2.75) is 6.92 Å². The minimum Gasteiger partial charge on any atom is -0.332 e. The summed E-state index contributed by atoms with van der Waals surface area (Å²) >= 11 is 6.17. The van der Waals surface area contributed by atoms with E-state index in [-0.39, 0.29) is 17.3 Å². The van der Waals surface area contributed by atoms with Gasteiger partial charge in [-0.3, -0.25) is 19.9 Å². The first-order chi connectivity index (χ1) is 12.4. The second kappa shape index (κ2) is 7.01. The molecule has 1 aliphatic rings. The normalized spacial score (nSPS) is 15.7. The van der Waals surface area contributed by atoms with E-state index in [2.05, 4.69) is 5.32 Å². The lowest BCUT2D eigenvalue weighted by Gasteiger charge is -2.24. The number of fused-ring (bicyclic) bond motifs is 1. The van der Waals surface area contributed by atoms with Gasteiger partial charge in [0.2, 0.25) is 5.91 Å². The summed E-state index contributed by atoms with van der Waals surface area (Å²) in [5.41, 5.74) is 1.92. The molecule has 1 heterocycles. The lowest BCUT2D eigenvalue weighted by molar-refractivity contribution is -0.118. The molecule has 7 heteroatoms. The van der Waals surface area contributed by atoms with Crippen LogP contribution in [0.4, 0.5) is 17.1 Å². The number of benzene rings is 2. The number of hydrogen-bond acceptors (Lipinski definition) is 3. The van der Waals surface area contributed by atoms with Crippen molar-refractivity contribution in [3.63, 3.8) is 0 Å². The van der Waals surface area contributed by atoms with Crippen LogP contribution in [0.25, 0.3) is 0 Å². The molecule has 0 aliphatic carbocycles. The summed E-state index contributed by atoms with van der Waals surface area (Å²) in [6.07, 6.45) is 1.27. The third-order valence-electron chi connectivity index (χ3n) is 4.00. The number of para-hydroxylation sites is 1. The fourth-order valence-corrected chi connectivity index (χ4v) is 2.90. The zero-order valence-corrected chi connectivity index (χ0v) is 15.0. The maximum absolute atomic E-state index is 13.3. The van der Waals surface area contributed by atoms with Crippen LogP contribution >= 0.6 is 11.6 Å². The quantitative estimate of drug-likeness (QED) is 0.797. The number of likely N-dealkylation sites (N-methyl/N-ethyl adjacent to an activating group) is 1. The maximum atomic E-state index is 13.3. The van der Waals surface area contributed by atoms with Gasteiger partial charge in [0.1, 0.15) is 5.84 Å². The van der Waals surface area contributed by atoms with Crippen molar-refractivity contribution in [2.24, 2.45) is 0 Å². The van der Waals surface area contributed by atoms with Crippen LogP contribution in [-0.2, 0) is 9.59 Å². The number of carbonyl (C=O) groups excluding carboxylic acids is 2. The summed E-state index contributed by atoms with van der Waals surface area (Å²) in [6, 6.07) is 14.3. The zero-order chi connectivity index (χ0) is 18.8. The minimum atomic E-state index is -0.428. The number of rotatable bonds is 2. The third kappa shape index (κ3) is 3.19. The van der Waals surface area contributed by atoms with Gasteiger partial charge in [-0.05, 0) is 30.3 Å². The van der Waals surface area contributed by atoms with Gasteiger partial charge in [0.15, 0.2) is 0 Å². The molecule has 0 radical (unpaired) electrons. The standard InChI is InChI=1S/C19H17ClN4O2/c1-12(25)22-11-15-18(21)23(2)16-9-8-13(20)10-17(16)24(19(15)26)14-6-4-3-5-7-14/h3-11,21H,1-2H3,(H,22,25). The molecule has 2 N–H and O–H groups in total. The first-order valence-corrected chi connectivity index (χ1v) is 8.27. The second-order valence-corrected chi connectivity index (χ2v) is 6.21. The molecular weight excluding hydrogens is 352 g/mol. The van der Waals surface area contributed by atoms with Gasteiger partial charge in [0.25, 0.3) is 5.91 Å².